The topological polar surface area (TPSA) is 72.0 Å². The Morgan fingerprint density at radius 3 is 2.33 bits per heavy atom. The Morgan fingerprint density at radius 2 is 1.71 bits per heavy atom. The normalized spacial score (nSPS) is 10.5. The van der Waals surface area contributed by atoms with Gasteiger partial charge in [-0.25, -0.2) is 0 Å². The van der Waals surface area contributed by atoms with E-state index in [2.05, 4.69) is 56.8 Å². The van der Waals surface area contributed by atoms with Crippen LogP contribution in [0.3, 0.4) is 0 Å². The van der Waals surface area contributed by atoms with Gasteiger partial charge in [-0.3, -0.25) is 0 Å². The van der Waals surface area contributed by atoms with Crippen molar-refractivity contribution in [3.05, 3.63) is 35.4 Å². The number of aryl methyl sites for hydroxylation is 1. The van der Waals surface area contributed by atoms with Gasteiger partial charge in [0.25, 0.3) is 0 Å². The maximum absolute atomic E-state index is 5.52. The number of anilines is 2. The Hall–Kier alpha value is -2.37. The zero-order valence-corrected chi connectivity index (χ0v) is 12.8. The van der Waals surface area contributed by atoms with Gasteiger partial charge in [0.05, 0.1) is 6.10 Å². The lowest BCUT2D eigenvalue weighted by molar-refractivity contribution is 0.222. The zero-order chi connectivity index (χ0) is 15.2. The molecule has 112 valence electrons. The molecule has 2 N–H and O–H groups in total. The number of nitrogens with zero attached hydrogens (tertiary/aromatic N) is 3. The summed E-state index contributed by atoms with van der Waals surface area (Å²) in [5.74, 6) is 0.970. The number of nitrogens with one attached hydrogen (secondary N) is 2. The van der Waals surface area contributed by atoms with E-state index in [4.69, 9.17) is 4.74 Å². The van der Waals surface area contributed by atoms with E-state index in [1.807, 2.05) is 13.8 Å². The Kier molecular flexibility index (Phi) is 4.92. The quantitative estimate of drug-likeness (QED) is 0.851. The second-order valence-corrected chi connectivity index (χ2v) is 5.02. The van der Waals surface area contributed by atoms with Crippen LogP contribution in [0.1, 0.15) is 25.0 Å². The Balaban J connectivity index is 2.09. The van der Waals surface area contributed by atoms with Gasteiger partial charge in [-0.1, -0.05) is 29.8 Å². The Bertz CT molecular complexity index is 583. The largest absolute Gasteiger partial charge is 0.461 e. The predicted molar refractivity (Wildman–Crippen MR) is 83.6 cm³/mol. The smallest absolute Gasteiger partial charge is 0.323 e. The molecule has 0 spiro atoms. The summed E-state index contributed by atoms with van der Waals surface area (Å²) < 4.78 is 5.52. The fourth-order valence-corrected chi connectivity index (χ4v) is 1.70. The fourth-order valence-electron chi connectivity index (χ4n) is 1.70. The van der Waals surface area contributed by atoms with E-state index in [1.165, 1.54) is 11.1 Å². The molecule has 0 saturated carbocycles. The van der Waals surface area contributed by atoms with Crippen LogP contribution in [-0.2, 0) is 6.54 Å². The van der Waals surface area contributed by atoms with Crippen LogP contribution in [0.25, 0.3) is 0 Å². The van der Waals surface area contributed by atoms with E-state index in [0.29, 0.717) is 24.5 Å². The van der Waals surface area contributed by atoms with E-state index in [1.54, 1.807) is 7.05 Å². The van der Waals surface area contributed by atoms with Gasteiger partial charge in [-0.15, -0.1) is 0 Å². The maximum atomic E-state index is 5.52. The van der Waals surface area contributed by atoms with Gasteiger partial charge in [0.15, 0.2) is 0 Å². The van der Waals surface area contributed by atoms with Crippen molar-refractivity contribution in [3.63, 3.8) is 0 Å². The fraction of sp³-hybridized carbons (Fsp3) is 0.400. The molecule has 2 rings (SSSR count). The van der Waals surface area contributed by atoms with E-state index in [9.17, 15) is 0 Å². The zero-order valence-electron chi connectivity index (χ0n) is 12.8. The van der Waals surface area contributed by atoms with Crippen molar-refractivity contribution in [2.45, 2.75) is 33.4 Å². The molecule has 0 aliphatic carbocycles. The van der Waals surface area contributed by atoms with Gasteiger partial charge in [-0.2, -0.15) is 15.0 Å². The second-order valence-electron chi connectivity index (χ2n) is 5.02. The van der Waals surface area contributed by atoms with Crippen LogP contribution >= 0.6 is 0 Å². The first-order chi connectivity index (χ1) is 10.1. The van der Waals surface area contributed by atoms with Crippen LogP contribution in [0, 0.1) is 6.92 Å². The van der Waals surface area contributed by atoms with E-state index in [0.717, 1.165) is 0 Å². The maximum Gasteiger partial charge on any atom is 0.323 e. The third kappa shape index (κ3) is 4.59. The minimum Gasteiger partial charge on any atom is -0.461 e. The van der Waals surface area contributed by atoms with Crippen LogP contribution < -0.4 is 15.4 Å². The third-order valence-electron chi connectivity index (χ3n) is 2.75. The van der Waals surface area contributed by atoms with E-state index < -0.39 is 0 Å². The lowest BCUT2D eigenvalue weighted by atomic mass is 10.1. The molecule has 21 heavy (non-hydrogen) atoms. The highest BCUT2D eigenvalue weighted by molar-refractivity contribution is 5.36. The van der Waals surface area contributed by atoms with Crippen LogP contribution in [0.4, 0.5) is 11.9 Å². The van der Waals surface area contributed by atoms with Crippen LogP contribution in [0.2, 0.25) is 0 Å². The molecular weight excluding hydrogens is 266 g/mol. The van der Waals surface area contributed by atoms with Crippen LogP contribution in [-0.4, -0.2) is 28.1 Å². The van der Waals surface area contributed by atoms with E-state index >= 15 is 0 Å². The minimum atomic E-state index is 0.0158. The Morgan fingerprint density at radius 1 is 1.05 bits per heavy atom. The van der Waals surface area contributed by atoms with Gasteiger partial charge in [0, 0.05) is 13.6 Å². The summed E-state index contributed by atoms with van der Waals surface area (Å²) in [6.07, 6.45) is 0.0158. The lowest BCUT2D eigenvalue weighted by Crippen LogP contribution is -2.13. The number of hydrogen-bond acceptors (Lipinski definition) is 6. The molecule has 0 radical (unpaired) electrons. The summed E-state index contributed by atoms with van der Waals surface area (Å²) in [5.41, 5.74) is 2.40. The Labute approximate surface area is 125 Å². The van der Waals surface area contributed by atoms with Gasteiger partial charge in [0.1, 0.15) is 0 Å². The number of hydrogen-bond donors (Lipinski definition) is 2. The first-order valence-electron chi connectivity index (χ1n) is 6.96. The molecular formula is C15H21N5O. The molecule has 6 heteroatoms. The summed E-state index contributed by atoms with van der Waals surface area (Å²) in [5, 5.41) is 6.09. The summed E-state index contributed by atoms with van der Waals surface area (Å²) in [7, 11) is 1.76. The van der Waals surface area contributed by atoms with Crippen LogP contribution in [0.5, 0.6) is 6.01 Å². The molecule has 0 fully saturated rings. The molecule has 1 aromatic heterocycles. The van der Waals surface area contributed by atoms with Gasteiger partial charge >= 0.3 is 6.01 Å². The predicted octanol–water partition coefficient (Wildman–Crippen LogP) is 2.62. The van der Waals surface area contributed by atoms with Crippen molar-refractivity contribution in [1.82, 2.24) is 15.0 Å². The van der Waals surface area contributed by atoms with Crippen molar-refractivity contribution < 1.29 is 4.74 Å². The monoisotopic (exact) mass is 287 g/mol. The number of rotatable bonds is 6. The summed E-state index contributed by atoms with van der Waals surface area (Å²) in [6.45, 7) is 6.58. The average molecular weight is 287 g/mol. The molecule has 1 aromatic carbocycles. The SMILES string of the molecule is CNc1nc(NCc2ccc(C)cc2)nc(OC(C)C)n1. The lowest BCUT2D eigenvalue weighted by Gasteiger charge is -2.11. The average Bonchev–Trinajstić information content (AvgIpc) is 2.45. The van der Waals surface area contributed by atoms with Crippen molar-refractivity contribution in [2.75, 3.05) is 17.7 Å². The third-order valence-corrected chi connectivity index (χ3v) is 2.75. The van der Waals surface area contributed by atoms with Crippen LogP contribution in [0.15, 0.2) is 24.3 Å². The van der Waals surface area contributed by atoms with Gasteiger partial charge < -0.3 is 15.4 Å². The second kappa shape index (κ2) is 6.88. The number of aromatic nitrogens is 3. The van der Waals surface area contributed by atoms with Gasteiger partial charge in [0.2, 0.25) is 11.9 Å². The van der Waals surface area contributed by atoms with Crippen molar-refractivity contribution in [3.8, 4) is 6.01 Å². The highest BCUT2D eigenvalue weighted by atomic mass is 16.5. The molecule has 6 nitrogen and oxygen atoms in total. The molecule has 1 heterocycles. The first kappa shape index (κ1) is 15.0. The standard InChI is InChI=1S/C15H21N5O/c1-10(2)21-15-19-13(16-4)18-14(20-15)17-9-12-7-5-11(3)6-8-12/h5-8,10H,9H2,1-4H3,(H2,16,17,18,19,20). The molecule has 0 saturated heterocycles. The molecule has 0 amide bonds. The highest BCUT2D eigenvalue weighted by Crippen LogP contribution is 2.13. The first-order valence-corrected chi connectivity index (χ1v) is 6.96. The minimum absolute atomic E-state index is 0.0158. The highest BCUT2D eigenvalue weighted by Gasteiger charge is 2.08. The number of benzene rings is 1. The van der Waals surface area contributed by atoms with Crippen molar-refractivity contribution in [2.24, 2.45) is 0 Å². The molecule has 0 aliphatic heterocycles. The molecule has 2 aromatic rings. The molecule has 0 unspecified atom stereocenters. The van der Waals surface area contributed by atoms with E-state index in [-0.39, 0.29) is 6.10 Å². The van der Waals surface area contributed by atoms with Gasteiger partial charge in [-0.05, 0) is 26.3 Å². The number of ether oxygens (including phenoxy) is 1. The summed E-state index contributed by atoms with van der Waals surface area (Å²) in [6, 6.07) is 8.63. The summed E-state index contributed by atoms with van der Waals surface area (Å²) in [4.78, 5) is 12.7. The van der Waals surface area contributed by atoms with Crippen molar-refractivity contribution in [1.29, 1.82) is 0 Å². The molecule has 0 atom stereocenters. The molecule has 0 aliphatic rings. The molecule has 0 bridgehead atoms. The van der Waals surface area contributed by atoms with Crippen molar-refractivity contribution >= 4 is 11.9 Å². The summed E-state index contributed by atoms with van der Waals surface area (Å²) >= 11 is 0.